The van der Waals surface area contributed by atoms with Gasteiger partial charge >= 0.3 is 15.5 Å². The highest BCUT2D eigenvalue weighted by molar-refractivity contribution is 14.0. The minimum Gasteiger partial charge on any atom is -0.356 e. The second-order valence-electron chi connectivity index (χ2n) is 6.11. The van der Waals surface area contributed by atoms with Crippen LogP contribution in [0.25, 0.3) is 0 Å². The Kier molecular flexibility index (Phi) is 9.40. The molecule has 1 aromatic rings. The Bertz CT molecular complexity index is 766. The van der Waals surface area contributed by atoms with E-state index in [1.54, 1.807) is 25.2 Å². The van der Waals surface area contributed by atoms with Crippen molar-refractivity contribution in [2.45, 2.75) is 30.8 Å². The van der Waals surface area contributed by atoms with Crippen LogP contribution in [0.2, 0.25) is 0 Å². The van der Waals surface area contributed by atoms with E-state index in [1.807, 2.05) is 0 Å². The number of hydrogen-bond donors (Lipinski definition) is 2. The van der Waals surface area contributed by atoms with E-state index >= 15 is 0 Å². The molecule has 0 amide bonds. The lowest BCUT2D eigenvalue weighted by Gasteiger charge is -2.32. The van der Waals surface area contributed by atoms with E-state index < -0.39 is 15.5 Å². The van der Waals surface area contributed by atoms with Crippen molar-refractivity contribution >= 4 is 40.0 Å². The second-order valence-corrected chi connectivity index (χ2v) is 8.04. The molecule has 2 rings (SSSR count). The van der Waals surface area contributed by atoms with Gasteiger partial charge in [-0.05, 0) is 30.9 Å². The third kappa shape index (κ3) is 6.44. The summed E-state index contributed by atoms with van der Waals surface area (Å²) in [4.78, 5) is 4.03. The van der Waals surface area contributed by atoms with Crippen molar-refractivity contribution in [3.63, 3.8) is 0 Å². The molecule has 0 saturated carbocycles. The zero-order valence-electron chi connectivity index (χ0n) is 15.2. The van der Waals surface area contributed by atoms with Crippen LogP contribution in [0.3, 0.4) is 0 Å². The summed E-state index contributed by atoms with van der Waals surface area (Å²) in [5.41, 5.74) is -4.72. The summed E-state index contributed by atoms with van der Waals surface area (Å²) >= 11 is 0. The van der Waals surface area contributed by atoms with E-state index in [9.17, 15) is 26.0 Å². The van der Waals surface area contributed by atoms with Crippen molar-refractivity contribution < 1.29 is 26.0 Å². The average molecular weight is 538 g/mol. The van der Waals surface area contributed by atoms with Gasteiger partial charge in [-0.2, -0.15) is 17.5 Å². The van der Waals surface area contributed by atoms with Crippen molar-refractivity contribution in [1.29, 1.82) is 0 Å². The summed E-state index contributed by atoms with van der Waals surface area (Å²) in [7, 11) is -3.74. The van der Waals surface area contributed by atoms with Gasteiger partial charge in [-0.1, -0.05) is 18.2 Å². The molecule has 0 bridgehead atoms. The van der Waals surface area contributed by atoms with Gasteiger partial charge in [0, 0.05) is 32.7 Å². The van der Waals surface area contributed by atoms with Gasteiger partial charge in [0.15, 0.2) is 5.96 Å². The summed E-state index contributed by atoms with van der Waals surface area (Å²) in [6.07, 6.45) is 0.891. The number of aliphatic imine (C=N–C) groups is 1. The predicted molar refractivity (Wildman–Crippen MR) is 110 cm³/mol. The molecule has 0 aliphatic carbocycles. The molecule has 2 N–H and O–H groups in total. The molecule has 28 heavy (non-hydrogen) atoms. The number of alkyl halides is 3. The smallest absolute Gasteiger partial charge is 0.356 e. The third-order valence-electron chi connectivity index (χ3n) is 4.30. The first kappa shape index (κ1) is 24.9. The van der Waals surface area contributed by atoms with Crippen LogP contribution in [0.5, 0.6) is 0 Å². The maximum Gasteiger partial charge on any atom is 0.511 e. The molecule has 6 nitrogen and oxygen atoms in total. The Hall–Kier alpha value is -1.15. The summed E-state index contributed by atoms with van der Waals surface area (Å²) in [6, 6.07) is 6.21. The van der Waals surface area contributed by atoms with Crippen LogP contribution in [0, 0.1) is 5.82 Å². The Morgan fingerprint density at radius 1 is 1.25 bits per heavy atom. The van der Waals surface area contributed by atoms with Crippen LogP contribution in [0.1, 0.15) is 18.4 Å². The second kappa shape index (κ2) is 10.6. The van der Waals surface area contributed by atoms with Gasteiger partial charge in [0.25, 0.3) is 0 Å². The molecule has 0 spiro atoms. The topological polar surface area (TPSA) is 73.8 Å². The van der Waals surface area contributed by atoms with Crippen LogP contribution in [-0.2, 0) is 16.4 Å². The molecule has 0 unspecified atom stereocenters. The van der Waals surface area contributed by atoms with Gasteiger partial charge in [0.05, 0.1) is 0 Å². The summed E-state index contributed by atoms with van der Waals surface area (Å²) in [6.45, 7) is -0.0145. The summed E-state index contributed by atoms with van der Waals surface area (Å²) in [5.74, 6) is 0.143. The van der Waals surface area contributed by atoms with Gasteiger partial charge < -0.3 is 10.6 Å². The van der Waals surface area contributed by atoms with E-state index in [0.717, 1.165) is 0 Å². The molecule has 1 saturated heterocycles. The SMILES string of the molecule is CN=C(NCCc1ccccc1F)NC1CCN(S(=O)(=O)C(F)(F)F)CC1.I. The van der Waals surface area contributed by atoms with Crippen LogP contribution < -0.4 is 10.6 Å². The molecular weight excluding hydrogens is 515 g/mol. The van der Waals surface area contributed by atoms with Gasteiger partial charge in [-0.3, -0.25) is 4.99 Å². The fourth-order valence-electron chi connectivity index (χ4n) is 2.79. The molecule has 1 aromatic carbocycles. The fraction of sp³-hybridized carbons (Fsp3) is 0.562. The Labute approximate surface area is 178 Å². The van der Waals surface area contributed by atoms with E-state index in [-0.39, 0.29) is 61.8 Å². The summed E-state index contributed by atoms with van der Waals surface area (Å²) in [5, 5.41) is 6.08. The molecule has 0 atom stereocenters. The van der Waals surface area contributed by atoms with Crippen molar-refractivity contribution in [1.82, 2.24) is 14.9 Å². The third-order valence-corrected chi connectivity index (χ3v) is 5.93. The number of benzene rings is 1. The largest absolute Gasteiger partial charge is 0.511 e. The minimum atomic E-state index is -5.28. The van der Waals surface area contributed by atoms with Crippen LogP contribution in [0.15, 0.2) is 29.3 Å². The molecule has 12 heteroatoms. The minimum absolute atomic E-state index is 0. The monoisotopic (exact) mass is 538 g/mol. The van der Waals surface area contributed by atoms with Crippen LogP contribution >= 0.6 is 24.0 Å². The lowest BCUT2D eigenvalue weighted by atomic mass is 10.1. The predicted octanol–water partition coefficient (Wildman–Crippen LogP) is 2.47. The molecular formula is C16H23F4IN4O2S. The van der Waals surface area contributed by atoms with Crippen LogP contribution in [-0.4, -0.2) is 56.9 Å². The lowest BCUT2D eigenvalue weighted by Crippen LogP contribution is -2.51. The number of sulfonamides is 1. The van der Waals surface area contributed by atoms with Crippen molar-refractivity contribution in [3.8, 4) is 0 Å². The standard InChI is InChI=1S/C16H22F4N4O2S.HI/c1-21-15(22-9-6-12-4-2-3-5-14(12)17)23-13-7-10-24(11-8-13)27(25,26)16(18,19)20;/h2-5,13H,6-11H2,1H3,(H2,21,22,23);1H. The Morgan fingerprint density at radius 3 is 2.39 bits per heavy atom. The zero-order valence-corrected chi connectivity index (χ0v) is 18.3. The van der Waals surface area contributed by atoms with Gasteiger partial charge in [0.2, 0.25) is 0 Å². The highest BCUT2D eigenvalue weighted by atomic mass is 127. The first-order valence-electron chi connectivity index (χ1n) is 8.42. The van der Waals surface area contributed by atoms with Crippen molar-refractivity contribution in [3.05, 3.63) is 35.6 Å². The highest BCUT2D eigenvalue weighted by Gasteiger charge is 2.50. The number of rotatable bonds is 5. The van der Waals surface area contributed by atoms with Crippen LogP contribution in [0.4, 0.5) is 17.6 Å². The number of nitrogens with zero attached hydrogens (tertiary/aromatic N) is 2. The Balaban J connectivity index is 0.00000392. The lowest BCUT2D eigenvalue weighted by molar-refractivity contribution is -0.0494. The number of piperidine rings is 1. The molecule has 1 fully saturated rings. The van der Waals surface area contributed by atoms with E-state index in [0.29, 0.717) is 28.8 Å². The van der Waals surface area contributed by atoms with E-state index in [4.69, 9.17) is 0 Å². The molecule has 0 aromatic heterocycles. The molecule has 1 aliphatic rings. The summed E-state index contributed by atoms with van der Waals surface area (Å²) < 4.78 is 74.6. The Morgan fingerprint density at radius 2 is 1.86 bits per heavy atom. The quantitative estimate of drug-likeness (QED) is 0.262. The number of guanidine groups is 1. The maximum absolute atomic E-state index is 13.6. The first-order valence-corrected chi connectivity index (χ1v) is 9.86. The maximum atomic E-state index is 13.6. The average Bonchev–Trinajstić information content (AvgIpc) is 2.62. The first-order chi connectivity index (χ1) is 12.6. The number of hydrogen-bond acceptors (Lipinski definition) is 3. The van der Waals surface area contributed by atoms with E-state index in [2.05, 4.69) is 15.6 Å². The number of nitrogens with one attached hydrogen (secondary N) is 2. The van der Waals surface area contributed by atoms with E-state index in [1.165, 1.54) is 6.07 Å². The molecule has 160 valence electrons. The van der Waals surface area contributed by atoms with Crippen molar-refractivity contribution in [2.75, 3.05) is 26.7 Å². The van der Waals surface area contributed by atoms with Gasteiger partial charge in [0.1, 0.15) is 5.82 Å². The molecule has 0 radical (unpaired) electrons. The molecule has 1 aliphatic heterocycles. The number of halogens is 5. The molecule has 1 heterocycles. The normalized spacial score (nSPS) is 17.1. The zero-order chi connectivity index (χ0) is 20.1. The fourth-order valence-corrected chi connectivity index (χ4v) is 3.78. The van der Waals surface area contributed by atoms with Gasteiger partial charge in [-0.25, -0.2) is 12.8 Å². The van der Waals surface area contributed by atoms with Crippen molar-refractivity contribution in [2.24, 2.45) is 4.99 Å². The van der Waals surface area contributed by atoms with Gasteiger partial charge in [-0.15, -0.1) is 24.0 Å². The highest BCUT2D eigenvalue weighted by Crippen LogP contribution is 2.28.